The van der Waals surface area contributed by atoms with E-state index in [-0.39, 0.29) is 18.0 Å². The van der Waals surface area contributed by atoms with Crippen LogP contribution in [0.4, 0.5) is 8.78 Å². The van der Waals surface area contributed by atoms with Gasteiger partial charge in [0.15, 0.2) is 5.82 Å². The third-order valence-electron chi connectivity index (χ3n) is 3.13. The molecular weight excluding hydrogens is 306 g/mol. The van der Waals surface area contributed by atoms with Crippen LogP contribution in [0.25, 0.3) is 5.69 Å². The number of aromatic nitrogens is 4. The minimum absolute atomic E-state index is 0.0243. The summed E-state index contributed by atoms with van der Waals surface area (Å²) in [7, 11) is 0. The lowest BCUT2D eigenvalue weighted by atomic mass is 10.3. The molecule has 23 heavy (non-hydrogen) atoms. The van der Waals surface area contributed by atoms with Gasteiger partial charge in [0.1, 0.15) is 6.61 Å². The monoisotopic (exact) mass is 318 g/mol. The number of halogens is 2. The molecule has 0 aliphatic heterocycles. The van der Waals surface area contributed by atoms with E-state index in [1.807, 2.05) is 30.3 Å². The first-order valence-electron chi connectivity index (χ1n) is 6.72. The number of hydrogen-bond acceptors (Lipinski definition) is 4. The first kappa shape index (κ1) is 14.9. The van der Waals surface area contributed by atoms with E-state index in [0.29, 0.717) is 4.57 Å². The van der Waals surface area contributed by atoms with E-state index in [1.54, 1.807) is 0 Å². The van der Waals surface area contributed by atoms with Crippen LogP contribution >= 0.6 is 0 Å². The van der Waals surface area contributed by atoms with Crippen molar-refractivity contribution in [2.45, 2.75) is 13.2 Å². The molecule has 0 amide bonds. The molecule has 2 aromatic heterocycles. The van der Waals surface area contributed by atoms with Crippen molar-refractivity contribution >= 4 is 5.97 Å². The molecule has 0 bridgehead atoms. The van der Waals surface area contributed by atoms with Gasteiger partial charge in [0, 0.05) is 18.6 Å². The average Bonchev–Trinajstić information content (AvgIpc) is 3.22. The summed E-state index contributed by atoms with van der Waals surface area (Å²) >= 11 is 0. The van der Waals surface area contributed by atoms with E-state index in [4.69, 9.17) is 4.74 Å². The summed E-state index contributed by atoms with van der Waals surface area (Å²) in [6.45, 7) is -3.07. The van der Waals surface area contributed by atoms with Crippen molar-refractivity contribution < 1.29 is 18.3 Å². The maximum atomic E-state index is 12.7. The molecule has 0 atom stereocenters. The number of para-hydroxylation sites is 1. The van der Waals surface area contributed by atoms with Crippen LogP contribution in [0.1, 0.15) is 22.7 Å². The molecule has 1 aromatic carbocycles. The molecule has 8 heteroatoms. The average molecular weight is 318 g/mol. The highest BCUT2D eigenvalue weighted by atomic mass is 19.3. The normalized spacial score (nSPS) is 10.9. The van der Waals surface area contributed by atoms with Crippen LogP contribution < -0.4 is 0 Å². The fourth-order valence-electron chi connectivity index (χ4n) is 2.00. The quantitative estimate of drug-likeness (QED) is 0.679. The van der Waals surface area contributed by atoms with Gasteiger partial charge in [-0.3, -0.25) is 4.57 Å². The molecule has 0 spiro atoms. The van der Waals surface area contributed by atoms with Crippen molar-refractivity contribution in [1.82, 2.24) is 19.3 Å². The zero-order valence-electron chi connectivity index (χ0n) is 11.8. The van der Waals surface area contributed by atoms with Crippen LogP contribution in [0.3, 0.4) is 0 Å². The Bertz CT molecular complexity index is 799. The van der Waals surface area contributed by atoms with E-state index in [2.05, 4.69) is 10.1 Å². The highest BCUT2D eigenvalue weighted by Gasteiger charge is 2.15. The van der Waals surface area contributed by atoms with Crippen LogP contribution in [-0.4, -0.2) is 25.3 Å². The standard InChI is InChI=1S/C15H12F2N4O2/c16-15(17)20-7-6-18-13(20)10-23-14(22)11-8-19-21(9-11)12-4-2-1-3-5-12/h1-9,15H,10H2. The lowest BCUT2D eigenvalue weighted by Crippen LogP contribution is -2.09. The molecule has 0 aliphatic rings. The minimum atomic E-state index is -2.73. The smallest absolute Gasteiger partial charge is 0.341 e. The van der Waals surface area contributed by atoms with E-state index in [0.717, 1.165) is 11.9 Å². The second kappa shape index (κ2) is 6.39. The molecule has 118 valence electrons. The Morgan fingerprint density at radius 1 is 1.26 bits per heavy atom. The SMILES string of the molecule is O=C(OCc1nccn1C(F)F)c1cnn(-c2ccccc2)c1. The fourth-order valence-corrected chi connectivity index (χ4v) is 2.00. The predicted molar refractivity (Wildman–Crippen MR) is 76.2 cm³/mol. The Hall–Kier alpha value is -3.03. The van der Waals surface area contributed by atoms with Crippen molar-refractivity contribution in [3.8, 4) is 5.69 Å². The van der Waals surface area contributed by atoms with Gasteiger partial charge in [-0.15, -0.1) is 0 Å². The van der Waals surface area contributed by atoms with Gasteiger partial charge in [-0.05, 0) is 12.1 Å². The molecule has 0 radical (unpaired) electrons. The van der Waals surface area contributed by atoms with Gasteiger partial charge >= 0.3 is 12.5 Å². The molecule has 6 nitrogen and oxygen atoms in total. The first-order valence-corrected chi connectivity index (χ1v) is 6.72. The molecule has 3 rings (SSSR count). The van der Waals surface area contributed by atoms with E-state index in [1.165, 1.54) is 23.3 Å². The Morgan fingerprint density at radius 3 is 2.78 bits per heavy atom. The third-order valence-corrected chi connectivity index (χ3v) is 3.13. The molecule has 3 aromatic rings. The number of benzene rings is 1. The summed E-state index contributed by atoms with van der Waals surface area (Å²) < 4.78 is 32.5. The maximum Gasteiger partial charge on any atom is 0.341 e. The first-order chi connectivity index (χ1) is 11.1. The summed E-state index contributed by atoms with van der Waals surface area (Å²) in [6.07, 6.45) is 5.22. The summed E-state index contributed by atoms with van der Waals surface area (Å²) in [6, 6.07) is 9.23. The molecule has 0 unspecified atom stereocenters. The number of ether oxygens (including phenoxy) is 1. The van der Waals surface area contributed by atoms with Crippen molar-refractivity contribution in [2.24, 2.45) is 0 Å². The number of rotatable bonds is 5. The summed E-state index contributed by atoms with van der Waals surface area (Å²) in [4.78, 5) is 15.7. The molecule has 0 saturated carbocycles. The summed E-state index contributed by atoms with van der Waals surface area (Å²) in [5.74, 6) is -0.681. The number of esters is 1. The Balaban J connectivity index is 1.67. The van der Waals surface area contributed by atoms with E-state index in [9.17, 15) is 13.6 Å². The molecule has 0 fully saturated rings. The highest BCUT2D eigenvalue weighted by Crippen LogP contribution is 2.14. The van der Waals surface area contributed by atoms with E-state index < -0.39 is 12.5 Å². The zero-order chi connectivity index (χ0) is 16.2. The van der Waals surface area contributed by atoms with Crippen LogP contribution in [-0.2, 0) is 11.3 Å². The van der Waals surface area contributed by atoms with Gasteiger partial charge < -0.3 is 4.74 Å². The minimum Gasteiger partial charge on any atom is -0.454 e. The molecule has 0 aliphatic carbocycles. The van der Waals surface area contributed by atoms with Crippen LogP contribution in [0.2, 0.25) is 0 Å². The molecular formula is C15H12F2N4O2. The largest absolute Gasteiger partial charge is 0.454 e. The fraction of sp³-hybridized carbons (Fsp3) is 0.133. The lowest BCUT2D eigenvalue weighted by Gasteiger charge is -2.06. The Morgan fingerprint density at radius 2 is 2.04 bits per heavy atom. The lowest BCUT2D eigenvalue weighted by molar-refractivity contribution is 0.0376. The Labute approximate surface area is 129 Å². The van der Waals surface area contributed by atoms with Gasteiger partial charge in [-0.2, -0.15) is 13.9 Å². The van der Waals surface area contributed by atoms with Gasteiger partial charge in [-0.1, -0.05) is 18.2 Å². The van der Waals surface area contributed by atoms with Gasteiger partial charge in [0.2, 0.25) is 0 Å². The number of carbonyl (C=O) groups excluding carboxylic acids is 1. The number of nitrogens with zero attached hydrogens (tertiary/aromatic N) is 4. The van der Waals surface area contributed by atoms with E-state index >= 15 is 0 Å². The van der Waals surface area contributed by atoms with Gasteiger partial charge in [-0.25, -0.2) is 14.5 Å². The Kier molecular flexibility index (Phi) is 4.13. The number of hydrogen-bond donors (Lipinski definition) is 0. The molecule has 2 heterocycles. The zero-order valence-corrected chi connectivity index (χ0v) is 11.8. The van der Waals surface area contributed by atoms with Crippen LogP contribution in [0, 0.1) is 0 Å². The van der Waals surface area contributed by atoms with Crippen molar-refractivity contribution in [3.05, 3.63) is 66.5 Å². The number of imidazole rings is 1. The topological polar surface area (TPSA) is 61.9 Å². The predicted octanol–water partition coefficient (Wildman–Crippen LogP) is 2.82. The summed E-state index contributed by atoms with van der Waals surface area (Å²) in [5.41, 5.74) is 1.02. The molecule has 0 saturated heterocycles. The second-order valence-corrected chi connectivity index (χ2v) is 4.61. The van der Waals surface area contributed by atoms with Crippen LogP contribution in [0.15, 0.2) is 55.1 Å². The number of carbonyl (C=O) groups is 1. The van der Waals surface area contributed by atoms with Gasteiger partial charge in [0.25, 0.3) is 0 Å². The van der Waals surface area contributed by atoms with Crippen molar-refractivity contribution in [2.75, 3.05) is 0 Å². The van der Waals surface area contributed by atoms with Gasteiger partial charge in [0.05, 0.1) is 17.4 Å². The highest BCUT2D eigenvalue weighted by molar-refractivity contribution is 5.88. The second-order valence-electron chi connectivity index (χ2n) is 4.61. The summed E-state index contributed by atoms with van der Waals surface area (Å²) in [5, 5.41) is 4.07. The molecule has 0 N–H and O–H groups in total. The number of alkyl halides is 2. The third kappa shape index (κ3) is 3.25. The van der Waals surface area contributed by atoms with Crippen molar-refractivity contribution in [1.29, 1.82) is 0 Å². The van der Waals surface area contributed by atoms with Crippen molar-refractivity contribution in [3.63, 3.8) is 0 Å². The maximum absolute atomic E-state index is 12.7. The van der Waals surface area contributed by atoms with Crippen LogP contribution in [0.5, 0.6) is 0 Å².